The van der Waals surface area contributed by atoms with E-state index in [4.69, 9.17) is 0 Å². The number of nitrogens with one attached hydrogen (secondary N) is 1. The van der Waals surface area contributed by atoms with Gasteiger partial charge in [0.2, 0.25) is 0 Å². The van der Waals surface area contributed by atoms with Crippen LogP contribution in [0.3, 0.4) is 0 Å². The molecule has 1 N–H and O–H groups in total. The fraction of sp³-hybridized carbons (Fsp3) is 0.588. The van der Waals surface area contributed by atoms with Crippen LogP contribution in [0, 0.1) is 13.8 Å². The Bertz CT molecular complexity index is 730. The molecule has 3 atom stereocenters. The van der Waals surface area contributed by atoms with Crippen molar-refractivity contribution in [2.45, 2.75) is 57.7 Å². The highest BCUT2D eigenvalue weighted by atomic mass is 32.2. The van der Waals surface area contributed by atoms with Gasteiger partial charge in [-0.2, -0.15) is 5.10 Å². The van der Waals surface area contributed by atoms with E-state index < -0.39 is 10.8 Å². The van der Waals surface area contributed by atoms with Gasteiger partial charge in [-0.05, 0) is 39.2 Å². The third kappa shape index (κ3) is 3.83. The van der Waals surface area contributed by atoms with E-state index in [1.165, 1.54) is 0 Å². The highest BCUT2D eigenvalue weighted by molar-refractivity contribution is 7.85. The van der Waals surface area contributed by atoms with Crippen molar-refractivity contribution in [2.75, 3.05) is 11.1 Å². The lowest BCUT2D eigenvalue weighted by molar-refractivity contribution is 0.464. The molecule has 3 rings (SSSR count). The van der Waals surface area contributed by atoms with Gasteiger partial charge in [0.15, 0.2) is 5.82 Å². The Morgan fingerprint density at radius 1 is 1.33 bits per heavy atom. The molecule has 0 spiro atoms. The number of anilines is 1. The van der Waals surface area contributed by atoms with Crippen LogP contribution in [-0.4, -0.2) is 41.0 Å². The van der Waals surface area contributed by atoms with Crippen LogP contribution < -0.4 is 5.32 Å². The van der Waals surface area contributed by atoms with Gasteiger partial charge in [-0.15, -0.1) is 0 Å². The summed E-state index contributed by atoms with van der Waals surface area (Å²) >= 11 is 0. The van der Waals surface area contributed by atoms with Gasteiger partial charge in [-0.1, -0.05) is 13.3 Å². The lowest BCUT2D eigenvalue weighted by atomic mass is 9.95. The van der Waals surface area contributed by atoms with Crippen LogP contribution >= 0.6 is 0 Å². The third-order valence-corrected chi connectivity index (χ3v) is 6.22. The SMILES string of the molecule is CCS(=O)C1CCCC(Nc2cncc(-n3nc(C)cc3C)n2)C1. The van der Waals surface area contributed by atoms with Gasteiger partial charge in [-0.25, -0.2) is 9.67 Å². The molecule has 130 valence electrons. The molecule has 1 aliphatic rings. The minimum Gasteiger partial charge on any atom is -0.366 e. The predicted molar refractivity (Wildman–Crippen MR) is 97.0 cm³/mol. The average molecular weight is 347 g/mol. The Morgan fingerprint density at radius 3 is 2.88 bits per heavy atom. The summed E-state index contributed by atoms with van der Waals surface area (Å²) < 4.78 is 13.9. The largest absolute Gasteiger partial charge is 0.366 e. The van der Waals surface area contributed by atoms with Crippen molar-refractivity contribution < 1.29 is 4.21 Å². The molecule has 1 saturated carbocycles. The standard InChI is InChI=1S/C17H25N5OS/c1-4-24(23)15-7-5-6-14(9-15)19-16-10-18-11-17(20-16)22-13(3)8-12(2)21-22/h8,10-11,14-15H,4-7,9H2,1-3H3,(H,19,20). The van der Waals surface area contributed by atoms with Crippen LogP contribution in [0.4, 0.5) is 5.82 Å². The maximum atomic E-state index is 12.1. The first-order chi connectivity index (χ1) is 11.6. The zero-order valence-corrected chi connectivity index (χ0v) is 15.3. The van der Waals surface area contributed by atoms with Gasteiger partial charge < -0.3 is 5.32 Å². The molecule has 0 bridgehead atoms. The molecule has 0 aliphatic heterocycles. The summed E-state index contributed by atoms with van der Waals surface area (Å²) in [6.45, 7) is 5.97. The van der Waals surface area contributed by atoms with Crippen LogP contribution in [0.25, 0.3) is 5.82 Å². The van der Waals surface area contributed by atoms with E-state index >= 15 is 0 Å². The first-order valence-electron chi connectivity index (χ1n) is 8.56. The first kappa shape index (κ1) is 17.1. The molecule has 0 aromatic carbocycles. The number of aryl methyl sites for hydroxylation is 2. The number of nitrogens with zero attached hydrogens (tertiary/aromatic N) is 4. The lowest BCUT2D eigenvalue weighted by Crippen LogP contribution is -2.33. The van der Waals surface area contributed by atoms with E-state index in [-0.39, 0.29) is 0 Å². The van der Waals surface area contributed by atoms with Crippen molar-refractivity contribution in [3.05, 3.63) is 29.8 Å². The molecular formula is C17H25N5OS. The second-order valence-electron chi connectivity index (χ2n) is 6.40. The Morgan fingerprint density at radius 2 is 2.17 bits per heavy atom. The molecule has 24 heavy (non-hydrogen) atoms. The summed E-state index contributed by atoms with van der Waals surface area (Å²) in [4.78, 5) is 8.95. The summed E-state index contributed by atoms with van der Waals surface area (Å²) in [5, 5.41) is 8.24. The molecule has 0 radical (unpaired) electrons. The number of hydrogen-bond acceptors (Lipinski definition) is 5. The van der Waals surface area contributed by atoms with E-state index in [1.54, 1.807) is 12.4 Å². The van der Waals surface area contributed by atoms with Crippen LogP contribution in [0.15, 0.2) is 18.5 Å². The summed E-state index contributed by atoms with van der Waals surface area (Å²) in [7, 11) is -0.717. The number of rotatable bonds is 5. The van der Waals surface area contributed by atoms with Gasteiger partial charge in [0, 0.05) is 33.5 Å². The van der Waals surface area contributed by atoms with E-state index in [2.05, 4.69) is 20.4 Å². The van der Waals surface area contributed by atoms with Gasteiger partial charge >= 0.3 is 0 Å². The number of hydrogen-bond donors (Lipinski definition) is 1. The molecule has 1 fully saturated rings. The molecule has 2 heterocycles. The van der Waals surface area contributed by atoms with Crippen molar-refractivity contribution in [3.8, 4) is 5.82 Å². The van der Waals surface area contributed by atoms with E-state index in [0.717, 1.165) is 54.5 Å². The maximum absolute atomic E-state index is 12.1. The van der Waals surface area contributed by atoms with Crippen molar-refractivity contribution >= 4 is 16.6 Å². The fourth-order valence-electron chi connectivity index (χ4n) is 3.35. The Labute approximate surface area is 145 Å². The van der Waals surface area contributed by atoms with E-state index in [0.29, 0.717) is 11.3 Å². The highest BCUT2D eigenvalue weighted by Crippen LogP contribution is 2.25. The zero-order valence-electron chi connectivity index (χ0n) is 14.5. The smallest absolute Gasteiger partial charge is 0.174 e. The van der Waals surface area contributed by atoms with Gasteiger partial charge in [0.05, 0.1) is 18.1 Å². The molecule has 2 aromatic heterocycles. The molecule has 0 saturated heterocycles. The summed E-state index contributed by atoms with van der Waals surface area (Å²) in [6.07, 6.45) is 7.67. The summed E-state index contributed by atoms with van der Waals surface area (Å²) in [6, 6.07) is 2.33. The normalized spacial score (nSPS) is 22.3. The van der Waals surface area contributed by atoms with Crippen molar-refractivity contribution in [3.63, 3.8) is 0 Å². The minimum atomic E-state index is -0.717. The second-order valence-corrected chi connectivity index (χ2v) is 8.41. The predicted octanol–water partition coefficient (Wildman–Crippen LogP) is 2.77. The Hall–Kier alpha value is -1.76. The van der Waals surface area contributed by atoms with E-state index in [1.807, 2.05) is 31.5 Å². The average Bonchev–Trinajstić information content (AvgIpc) is 2.93. The topological polar surface area (TPSA) is 72.7 Å². The van der Waals surface area contributed by atoms with Crippen LogP contribution in [0.1, 0.15) is 44.0 Å². The Kier molecular flexibility index (Phi) is 5.28. The molecule has 0 amide bonds. The van der Waals surface area contributed by atoms with Crippen molar-refractivity contribution in [2.24, 2.45) is 0 Å². The highest BCUT2D eigenvalue weighted by Gasteiger charge is 2.25. The Balaban J connectivity index is 1.73. The molecule has 6 nitrogen and oxygen atoms in total. The van der Waals surface area contributed by atoms with Crippen LogP contribution in [0.5, 0.6) is 0 Å². The van der Waals surface area contributed by atoms with E-state index in [9.17, 15) is 4.21 Å². The molecular weight excluding hydrogens is 322 g/mol. The van der Waals surface area contributed by atoms with Gasteiger partial charge in [-0.3, -0.25) is 9.19 Å². The van der Waals surface area contributed by atoms with Gasteiger partial charge in [0.1, 0.15) is 5.82 Å². The minimum absolute atomic E-state index is 0.299. The summed E-state index contributed by atoms with van der Waals surface area (Å²) in [5.74, 6) is 2.22. The van der Waals surface area contributed by atoms with Crippen molar-refractivity contribution in [1.29, 1.82) is 0 Å². The van der Waals surface area contributed by atoms with Crippen LogP contribution in [0.2, 0.25) is 0 Å². The van der Waals surface area contributed by atoms with Gasteiger partial charge in [0.25, 0.3) is 0 Å². The maximum Gasteiger partial charge on any atom is 0.174 e. The molecule has 3 unspecified atom stereocenters. The monoisotopic (exact) mass is 347 g/mol. The zero-order chi connectivity index (χ0) is 17.1. The molecule has 2 aromatic rings. The summed E-state index contributed by atoms with van der Waals surface area (Å²) in [5.41, 5.74) is 2.00. The van der Waals surface area contributed by atoms with Crippen molar-refractivity contribution in [1.82, 2.24) is 19.7 Å². The second kappa shape index (κ2) is 7.42. The van der Waals surface area contributed by atoms with Crippen LogP contribution in [-0.2, 0) is 10.8 Å². The fourth-order valence-corrected chi connectivity index (χ4v) is 4.70. The molecule has 7 heteroatoms. The first-order valence-corrected chi connectivity index (χ1v) is 9.94. The lowest BCUT2D eigenvalue weighted by Gasteiger charge is -2.29. The number of aromatic nitrogens is 4. The molecule has 1 aliphatic carbocycles. The third-order valence-electron chi connectivity index (χ3n) is 4.48. The quantitative estimate of drug-likeness (QED) is 0.900.